The van der Waals surface area contributed by atoms with E-state index in [1.807, 2.05) is 0 Å². The van der Waals surface area contributed by atoms with Crippen molar-refractivity contribution in [1.82, 2.24) is 20.3 Å². The number of likely N-dealkylation sites (N-methyl/N-ethyl adjacent to an activating group) is 1. The van der Waals surface area contributed by atoms with Crippen molar-refractivity contribution in [2.45, 2.75) is 25.7 Å². The summed E-state index contributed by atoms with van der Waals surface area (Å²) in [5.74, 6) is 1.20. The fraction of sp³-hybridized carbons (Fsp3) is 0.938. The van der Waals surface area contributed by atoms with Crippen LogP contribution >= 0.6 is 24.0 Å². The van der Waals surface area contributed by atoms with Gasteiger partial charge in [-0.3, -0.25) is 4.99 Å². The average molecular weight is 505 g/mol. The first-order chi connectivity index (χ1) is 12.0. The Morgan fingerprint density at radius 2 is 1.92 bits per heavy atom. The van der Waals surface area contributed by atoms with E-state index in [0.717, 1.165) is 45.5 Å². The quantitative estimate of drug-likeness (QED) is 0.146. The minimum absolute atomic E-state index is 0. The molecule has 0 bridgehead atoms. The Morgan fingerprint density at radius 1 is 1.23 bits per heavy atom. The van der Waals surface area contributed by atoms with Crippen molar-refractivity contribution in [3.05, 3.63) is 0 Å². The van der Waals surface area contributed by atoms with Crippen LogP contribution in [0, 0.1) is 5.92 Å². The smallest absolute Gasteiger partial charge is 0.213 e. The van der Waals surface area contributed by atoms with Crippen LogP contribution in [-0.2, 0) is 14.8 Å². The van der Waals surface area contributed by atoms with E-state index in [1.54, 1.807) is 14.2 Å². The van der Waals surface area contributed by atoms with Gasteiger partial charge in [0.25, 0.3) is 0 Å². The molecule has 0 aromatic heterocycles. The molecule has 1 aliphatic carbocycles. The van der Waals surface area contributed by atoms with Crippen molar-refractivity contribution in [2.75, 3.05) is 66.3 Å². The SMILES string of the molecule is CN=C(NCCN(C)CCCOC)NCCS(=O)(=O)NCC1CCC1.I. The topological polar surface area (TPSA) is 95.1 Å². The number of halogens is 1. The van der Waals surface area contributed by atoms with Crippen LogP contribution in [0.15, 0.2) is 4.99 Å². The molecule has 26 heavy (non-hydrogen) atoms. The van der Waals surface area contributed by atoms with E-state index in [-0.39, 0.29) is 29.7 Å². The summed E-state index contributed by atoms with van der Waals surface area (Å²) in [5.41, 5.74) is 0. The van der Waals surface area contributed by atoms with Gasteiger partial charge < -0.3 is 20.3 Å². The number of aliphatic imine (C=N–C) groups is 1. The Labute approximate surface area is 176 Å². The molecule has 10 heteroatoms. The second kappa shape index (κ2) is 14.8. The Hall–Kier alpha value is -0.170. The standard InChI is InChI=1S/C16H35N5O3S.HI/c1-17-16(18-8-11-21(2)10-5-12-24-3)19-9-13-25(22,23)20-14-15-6-4-7-15;/h15,20H,4-14H2,1-3H3,(H2,17,18,19);1H. The van der Waals surface area contributed by atoms with Gasteiger partial charge in [0.05, 0.1) is 5.75 Å². The van der Waals surface area contributed by atoms with Crippen LogP contribution < -0.4 is 15.4 Å². The first-order valence-electron chi connectivity index (χ1n) is 9.06. The maximum atomic E-state index is 11.9. The molecule has 0 aliphatic heterocycles. The summed E-state index contributed by atoms with van der Waals surface area (Å²) >= 11 is 0. The summed E-state index contributed by atoms with van der Waals surface area (Å²) in [5, 5.41) is 6.24. The molecular formula is C16H36IN5O3S. The van der Waals surface area contributed by atoms with Crippen molar-refractivity contribution >= 4 is 40.0 Å². The minimum atomic E-state index is -3.22. The highest BCUT2D eigenvalue weighted by Crippen LogP contribution is 2.25. The lowest BCUT2D eigenvalue weighted by Crippen LogP contribution is -2.44. The number of rotatable bonds is 13. The number of sulfonamides is 1. The van der Waals surface area contributed by atoms with E-state index in [9.17, 15) is 8.42 Å². The van der Waals surface area contributed by atoms with Crippen LogP contribution in [0.3, 0.4) is 0 Å². The van der Waals surface area contributed by atoms with Gasteiger partial charge in [0, 0.05) is 53.5 Å². The molecule has 0 spiro atoms. The highest BCUT2D eigenvalue weighted by Gasteiger charge is 2.20. The monoisotopic (exact) mass is 505 g/mol. The van der Waals surface area contributed by atoms with Gasteiger partial charge in [-0.05, 0) is 32.2 Å². The first-order valence-corrected chi connectivity index (χ1v) is 10.7. The van der Waals surface area contributed by atoms with E-state index in [4.69, 9.17) is 4.74 Å². The summed E-state index contributed by atoms with van der Waals surface area (Å²) < 4.78 is 31.6. The maximum absolute atomic E-state index is 11.9. The fourth-order valence-corrected chi connectivity index (χ4v) is 3.50. The van der Waals surface area contributed by atoms with Crippen LogP contribution in [0.1, 0.15) is 25.7 Å². The highest BCUT2D eigenvalue weighted by atomic mass is 127. The summed E-state index contributed by atoms with van der Waals surface area (Å²) in [7, 11) is 2.23. The lowest BCUT2D eigenvalue weighted by molar-refractivity contribution is 0.180. The molecule has 0 atom stereocenters. The van der Waals surface area contributed by atoms with Gasteiger partial charge in [-0.2, -0.15) is 0 Å². The minimum Gasteiger partial charge on any atom is -0.385 e. The van der Waals surface area contributed by atoms with Gasteiger partial charge in [-0.1, -0.05) is 6.42 Å². The van der Waals surface area contributed by atoms with Gasteiger partial charge in [0.1, 0.15) is 0 Å². The molecule has 1 aliphatic rings. The lowest BCUT2D eigenvalue weighted by atomic mass is 9.86. The number of nitrogens with zero attached hydrogens (tertiary/aromatic N) is 2. The zero-order chi connectivity index (χ0) is 18.5. The molecule has 1 fully saturated rings. The van der Waals surface area contributed by atoms with Crippen LogP contribution in [0.25, 0.3) is 0 Å². The molecule has 156 valence electrons. The van der Waals surface area contributed by atoms with E-state index in [2.05, 4.69) is 32.3 Å². The van der Waals surface area contributed by atoms with Crippen molar-refractivity contribution in [3.8, 4) is 0 Å². The summed E-state index contributed by atoms with van der Waals surface area (Å²) in [6.45, 7) is 4.28. The Bertz CT molecular complexity index is 486. The van der Waals surface area contributed by atoms with Crippen molar-refractivity contribution in [2.24, 2.45) is 10.9 Å². The van der Waals surface area contributed by atoms with Crippen molar-refractivity contribution in [1.29, 1.82) is 0 Å². The average Bonchev–Trinajstić information content (AvgIpc) is 2.52. The summed E-state index contributed by atoms with van der Waals surface area (Å²) in [6.07, 6.45) is 4.50. The molecule has 0 aromatic carbocycles. The van der Waals surface area contributed by atoms with E-state index < -0.39 is 10.0 Å². The third kappa shape index (κ3) is 12.3. The first kappa shape index (κ1) is 25.8. The molecule has 1 rings (SSSR count). The maximum Gasteiger partial charge on any atom is 0.213 e. The largest absolute Gasteiger partial charge is 0.385 e. The lowest BCUT2D eigenvalue weighted by Gasteiger charge is -2.25. The van der Waals surface area contributed by atoms with Crippen molar-refractivity contribution < 1.29 is 13.2 Å². The number of hydrogen-bond acceptors (Lipinski definition) is 5. The van der Waals surface area contributed by atoms with Gasteiger partial charge in [-0.15, -0.1) is 24.0 Å². The van der Waals surface area contributed by atoms with Gasteiger partial charge in [-0.25, -0.2) is 13.1 Å². The van der Waals surface area contributed by atoms with Crippen LogP contribution in [0.5, 0.6) is 0 Å². The molecule has 8 nitrogen and oxygen atoms in total. The molecule has 0 amide bonds. The normalized spacial score (nSPS) is 15.5. The van der Waals surface area contributed by atoms with Gasteiger partial charge >= 0.3 is 0 Å². The second-order valence-corrected chi connectivity index (χ2v) is 8.47. The molecule has 0 saturated heterocycles. The van der Waals surface area contributed by atoms with Crippen LogP contribution in [0.4, 0.5) is 0 Å². The van der Waals surface area contributed by atoms with Gasteiger partial charge in [0.2, 0.25) is 10.0 Å². The third-order valence-electron chi connectivity index (χ3n) is 4.38. The molecule has 0 unspecified atom stereocenters. The van der Waals surface area contributed by atoms with Crippen LogP contribution in [-0.4, -0.2) is 85.6 Å². The van der Waals surface area contributed by atoms with Gasteiger partial charge in [0.15, 0.2) is 5.96 Å². The molecule has 0 aromatic rings. The van der Waals surface area contributed by atoms with E-state index >= 15 is 0 Å². The number of ether oxygens (including phenoxy) is 1. The Morgan fingerprint density at radius 3 is 2.50 bits per heavy atom. The Balaban J connectivity index is 0.00000625. The van der Waals surface area contributed by atoms with Crippen molar-refractivity contribution in [3.63, 3.8) is 0 Å². The zero-order valence-corrected chi connectivity index (χ0v) is 19.4. The third-order valence-corrected chi connectivity index (χ3v) is 5.73. The zero-order valence-electron chi connectivity index (χ0n) is 16.3. The van der Waals surface area contributed by atoms with E-state index in [0.29, 0.717) is 25.0 Å². The highest BCUT2D eigenvalue weighted by molar-refractivity contribution is 14.0. The van der Waals surface area contributed by atoms with Crippen LogP contribution in [0.2, 0.25) is 0 Å². The molecular weight excluding hydrogens is 469 g/mol. The number of nitrogens with one attached hydrogen (secondary N) is 3. The molecule has 0 radical (unpaired) electrons. The van der Waals surface area contributed by atoms with E-state index in [1.165, 1.54) is 6.42 Å². The summed E-state index contributed by atoms with van der Waals surface area (Å²) in [4.78, 5) is 6.33. The molecule has 3 N–H and O–H groups in total. The number of methoxy groups -OCH3 is 1. The Kier molecular flexibility index (Phi) is 14.7. The number of guanidine groups is 1. The fourth-order valence-electron chi connectivity index (χ4n) is 2.49. The molecule has 0 heterocycles. The second-order valence-electron chi connectivity index (χ2n) is 6.54. The summed E-state index contributed by atoms with van der Waals surface area (Å²) in [6, 6.07) is 0. The predicted molar refractivity (Wildman–Crippen MR) is 118 cm³/mol. The molecule has 1 saturated carbocycles. The predicted octanol–water partition coefficient (Wildman–Crippen LogP) is 0.457. The number of hydrogen-bond donors (Lipinski definition) is 3.